The quantitative estimate of drug-likeness (QED) is 0.255. The molecule has 0 bridgehead atoms. The van der Waals surface area contributed by atoms with E-state index in [4.69, 9.17) is 0 Å². The monoisotopic (exact) mass is 587 g/mol. The Labute approximate surface area is 251 Å². The van der Waals surface area contributed by atoms with Gasteiger partial charge in [0.1, 0.15) is 0 Å². The van der Waals surface area contributed by atoms with Gasteiger partial charge in [-0.25, -0.2) is 4.98 Å². The number of anilines is 1. The first-order chi connectivity index (χ1) is 19.2. The highest BCUT2D eigenvalue weighted by Crippen LogP contribution is 2.30. The summed E-state index contributed by atoms with van der Waals surface area (Å²) in [5.41, 5.74) is 5.25. The van der Waals surface area contributed by atoms with Crippen molar-refractivity contribution in [1.29, 1.82) is 0 Å². The van der Waals surface area contributed by atoms with Crippen LogP contribution in [0.15, 0.2) is 104 Å². The predicted molar refractivity (Wildman–Crippen MR) is 167 cm³/mol. The Bertz CT molecular complexity index is 1620. The number of carbonyl (C=O) groups excluding carboxylic acids is 2. The summed E-state index contributed by atoms with van der Waals surface area (Å²) < 4.78 is 0. The summed E-state index contributed by atoms with van der Waals surface area (Å²) in [6.45, 7) is 2.70. The fraction of sp³-hybridized carbons (Fsp3) is 0.156. The Morgan fingerprint density at radius 1 is 0.878 bits per heavy atom. The molecule has 0 aliphatic carbocycles. The second-order valence-electron chi connectivity index (χ2n) is 9.76. The fourth-order valence-electron chi connectivity index (χ4n) is 5.16. The van der Waals surface area contributed by atoms with Crippen LogP contribution in [0.1, 0.15) is 37.5 Å². The topological polar surface area (TPSA) is 81.3 Å². The second-order valence-corrected chi connectivity index (χ2v) is 9.76. The van der Waals surface area contributed by atoms with E-state index in [1.165, 1.54) is 0 Å². The van der Waals surface area contributed by atoms with E-state index in [0.29, 0.717) is 43.9 Å². The van der Waals surface area contributed by atoms with Crippen LogP contribution in [-0.2, 0) is 19.6 Å². The standard InChI is InChI=1S/C32H29N5O2.2ClH/c38-31(34-18-23-7-2-1-3-8-23)25-13-14-26-20-37(16-15-36(30(26)17-25)21-27-19-33-22-35-27)32(39)29-12-6-10-24-9-4-5-11-28(24)29;;/h1-14,17,19,22H,15-16,18,20-21H2,(H,33,35)(H,34,38);2*1H. The number of imidazole rings is 1. The van der Waals surface area contributed by atoms with Crippen LogP contribution in [0.3, 0.4) is 0 Å². The van der Waals surface area contributed by atoms with Gasteiger partial charge in [-0.1, -0.05) is 72.8 Å². The van der Waals surface area contributed by atoms with Gasteiger partial charge < -0.3 is 20.1 Å². The number of carbonyl (C=O) groups is 2. The minimum Gasteiger partial charge on any atom is -0.364 e. The molecule has 0 spiro atoms. The summed E-state index contributed by atoms with van der Waals surface area (Å²) >= 11 is 0. The van der Waals surface area contributed by atoms with Gasteiger partial charge in [0.2, 0.25) is 0 Å². The number of halogens is 2. The van der Waals surface area contributed by atoms with E-state index in [1.54, 1.807) is 12.5 Å². The van der Waals surface area contributed by atoms with Gasteiger partial charge in [0.15, 0.2) is 0 Å². The van der Waals surface area contributed by atoms with Gasteiger partial charge in [0.25, 0.3) is 11.8 Å². The van der Waals surface area contributed by atoms with E-state index < -0.39 is 0 Å². The number of fused-ring (bicyclic) bond motifs is 2. The van der Waals surface area contributed by atoms with Crippen molar-refractivity contribution in [3.8, 4) is 0 Å². The molecule has 0 saturated heterocycles. The van der Waals surface area contributed by atoms with Gasteiger partial charge in [-0.05, 0) is 40.1 Å². The van der Waals surface area contributed by atoms with Gasteiger partial charge in [-0.15, -0.1) is 24.8 Å². The molecular formula is C32H31Cl2N5O2. The van der Waals surface area contributed by atoms with Gasteiger partial charge in [-0.3, -0.25) is 9.59 Å². The Balaban J connectivity index is 0.00000194. The highest BCUT2D eigenvalue weighted by molar-refractivity contribution is 6.07. The van der Waals surface area contributed by atoms with E-state index >= 15 is 0 Å². The van der Waals surface area contributed by atoms with Crippen molar-refractivity contribution in [3.05, 3.63) is 131 Å². The number of hydrogen-bond donors (Lipinski definition) is 2. The first kappa shape index (κ1) is 29.6. The molecule has 5 aromatic rings. The van der Waals surface area contributed by atoms with E-state index in [9.17, 15) is 9.59 Å². The van der Waals surface area contributed by atoms with Crippen molar-refractivity contribution in [2.75, 3.05) is 18.0 Å². The highest BCUT2D eigenvalue weighted by Gasteiger charge is 2.26. The lowest BCUT2D eigenvalue weighted by atomic mass is 10.0. The maximum absolute atomic E-state index is 13.8. The number of aromatic nitrogens is 2. The Morgan fingerprint density at radius 2 is 1.66 bits per heavy atom. The van der Waals surface area contributed by atoms with Gasteiger partial charge >= 0.3 is 0 Å². The predicted octanol–water partition coefficient (Wildman–Crippen LogP) is 6.00. The SMILES string of the molecule is Cl.Cl.O=C(NCc1ccccc1)c1ccc2c(c1)N(Cc1cnc[nH]1)CCN(C(=O)c1cccc3ccccc13)C2. The lowest BCUT2D eigenvalue weighted by molar-refractivity contribution is 0.0753. The van der Waals surface area contributed by atoms with Crippen LogP contribution < -0.4 is 10.2 Å². The van der Waals surface area contributed by atoms with Gasteiger partial charge in [0, 0.05) is 49.2 Å². The molecular weight excluding hydrogens is 557 g/mol. The number of benzene rings is 4. The molecule has 0 radical (unpaired) electrons. The zero-order chi connectivity index (χ0) is 26.6. The highest BCUT2D eigenvalue weighted by atomic mass is 35.5. The molecule has 0 saturated carbocycles. The van der Waals surface area contributed by atoms with Crippen LogP contribution >= 0.6 is 24.8 Å². The summed E-state index contributed by atoms with van der Waals surface area (Å²) in [6, 6.07) is 29.5. The van der Waals surface area contributed by atoms with E-state index in [0.717, 1.165) is 33.3 Å². The van der Waals surface area contributed by atoms with E-state index in [1.807, 2.05) is 95.9 Å². The molecule has 6 rings (SSSR count). The molecule has 4 aromatic carbocycles. The minimum absolute atomic E-state index is 0. The second kappa shape index (κ2) is 13.4. The summed E-state index contributed by atoms with van der Waals surface area (Å²) in [7, 11) is 0. The van der Waals surface area contributed by atoms with Crippen molar-refractivity contribution in [1.82, 2.24) is 20.2 Å². The van der Waals surface area contributed by atoms with Crippen LogP contribution in [0, 0.1) is 0 Å². The molecule has 210 valence electrons. The lowest BCUT2D eigenvalue weighted by Gasteiger charge is -2.25. The molecule has 0 atom stereocenters. The van der Waals surface area contributed by atoms with Crippen LogP contribution in [0.5, 0.6) is 0 Å². The number of nitrogens with one attached hydrogen (secondary N) is 2. The molecule has 1 aliphatic heterocycles. The number of aromatic amines is 1. The molecule has 9 heteroatoms. The zero-order valence-corrected chi connectivity index (χ0v) is 24.0. The van der Waals surface area contributed by atoms with E-state index in [2.05, 4.69) is 20.2 Å². The molecule has 0 fully saturated rings. The number of amides is 2. The molecule has 2 amide bonds. The average molecular weight is 589 g/mol. The summed E-state index contributed by atoms with van der Waals surface area (Å²) in [5, 5.41) is 5.03. The Morgan fingerprint density at radius 3 is 2.46 bits per heavy atom. The van der Waals surface area contributed by atoms with Crippen molar-refractivity contribution in [3.63, 3.8) is 0 Å². The van der Waals surface area contributed by atoms with Crippen molar-refractivity contribution in [2.24, 2.45) is 0 Å². The summed E-state index contributed by atoms with van der Waals surface area (Å²) in [5.74, 6) is -0.123. The molecule has 41 heavy (non-hydrogen) atoms. The smallest absolute Gasteiger partial charge is 0.254 e. The minimum atomic E-state index is -0.129. The molecule has 1 aromatic heterocycles. The molecule has 7 nitrogen and oxygen atoms in total. The van der Waals surface area contributed by atoms with Crippen LogP contribution in [0.25, 0.3) is 10.8 Å². The third kappa shape index (κ3) is 6.53. The molecule has 2 heterocycles. The number of hydrogen-bond acceptors (Lipinski definition) is 4. The third-order valence-corrected chi connectivity index (χ3v) is 7.21. The first-order valence-electron chi connectivity index (χ1n) is 13.1. The first-order valence-corrected chi connectivity index (χ1v) is 13.1. The van der Waals surface area contributed by atoms with Gasteiger partial charge in [-0.2, -0.15) is 0 Å². The average Bonchev–Trinajstić information content (AvgIpc) is 3.43. The number of nitrogens with zero attached hydrogens (tertiary/aromatic N) is 3. The van der Waals surface area contributed by atoms with Crippen LogP contribution in [0.2, 0.25) is 0 Å². The maximum atomic E-state index is 13.8. The zero-order valence-electron chi connectivity index (χ0n) is 22.3. The number of rotatable bonds is 6. The largest absolute Gasteiger partial charge is 0.364 e. The van der Waals surface area contributed by atoms with E-state index in [-0.39, 0.29) is 36.6 Å². The maximum Gasteiger partial charge on any atom is 0.254 e. The summed E-state index contributed by atoms with van der Waals surface area (Å²) in [4.78, 5) is 38.4. The lowest BCUT2D eigenvalue weighted by Crippen LogP contribution is -2.35. The Kier molecular flexibility index (Phi) is 9.65. The van der Waals surface area contributed by atoms with Crippen molar-refractivity contribution >= 4 is 53.1 Å². The van der Waals surface area contributed by atoms with Crippen LogP contribution in [-0.4, -0.2) is 39.8 Å². The summed E-state index contributed by atoms with van der Waals surface area (Å²) in [6.07, 6.45) is 3.47. The van der Waals surface area contributed by atoms with Crippen molar-refractivity contribution in [2.45, 2.75) is 19.6 Å². The van der Waals surface area contributed by atoms with Gasteiger partial charge in [0.05, 0.1) is 18.6 Å². The number of H-pyrrole nitrogens is 1. The Hall–Kier alpha value is -4.33. The van der Waals surface area contributed by atoms with Crippen LogP contribution in [0.4, 0.5) is 5.69 Å². The third-order valence-electron chi connectivity index (χ3n) is 7.21. The molecule has 1 aliphatic rings. The normalized spacial score (nSPS) is 12.5. The fourth-order valence-corrected chi connectivity index (χ4v) is 5.16. The molecule has 2 N–H and O–H groups in total. The van der Waals surface area contributed by atoms with Crippen molar-refractivity contribution < 1.29 is 9.59 Å². The molecule has 0 unspecified atom stereocenters.